The van der Waals surface area contributed by atoms with Gasteiger partial charge in [0.05, 0.1) is 0 Å². The molecule has 7 heteroatoms. The first-order chi connectivity index (χ1) is 5.56. The van der Waals surface area contributed by atoms with Crippen molar-refractivity contribution in [3.8, 4) is 0 Å². The molecule has 0 unspecified atom stereocenters. The Balaban J connectivity index is -0.0000000149. The Bertz CT molecular complexity index is 94.9. The van der Waals surface area contributed by atoms with E-state index in [1.807, 2.05) is 13.8 Å². The van der Waals surface area contributed by atoms with Crippen LogP contribution in [0.1, 0.15) is 13.8 Å². The van der Waals surface area contributed by atoms with Gasteiger partial charge in [-0.1, -0.05) is 16.7 Å². The van der Waals surface area contributed by atoms with E-state index in [9.17, 15) is 0 Å². The van der Waals surface area contributed by atoms with Crippen LogP contribution < -0.4 is 74.6 Å². The second kappa shape index (κ2) is 62.8. The summed E-state index contributed by atoms with van der Waals surface area (Å²) >= 11 is 0. The Kier molecular flexibility index (Phi) is 162. The minimum atomic E-state index is -3.37. The van der Waals surface area contributed by atoms with E-state index in [0.29, 0.717) is 0 Å². The Morgan fingerprint density at radius 2 is 1.07 bits per heavy atom. The maximum Gasteiger partial charge on any atom is 1.00 e. The van der Waals surface area contributed by atoms with E-state index in [4.69, 9.17) is 14.4 Å². The summed E-state index contributed by atoms with van der Waals surface area (Å²) in [6.07, 6.45) is 3.50. The molecule has 0 aliphatic rings. The van der Waals surface area contributed by atoms with Crippen molar-refractivity contribution in [2.45, 2.75) is 13.8 Å². The van der Waals surface area contributed by atoms with E-state index in [1.165, 1.54) is 7.05 Å². The van der Waals surface area contributed by atoms with Crippen molar-refractivity contribution in [1.29, 1.82) is 0 Å². The molecule has 2 N–H and O–H groups in total. The third-order valence-electron chi connectivity index (χ3n) is 0. The van der Waals surface area contributed by atoms with Crippen LogP contribution in [0.2, 0.25) is 0 Å². The monoisotopic (exact) mass is 240 g/mol. The predicted molar refractivity (Wildman–Crippen MR) is 49.5 cm³/mol. The summed E-state index contributed by atoms with van der Waals surface area (Å²) in [4.78, 5) is 17.0. The van der Waals surface area contributed by atoms with Crippen LogP contribution in [0.5, 0.6) is 0 Å². The third kappa shape index (κ3) is 980. The second-order valence-electron chi connectivity index (χ2n) is 1.04. The first-order valence-electron chi connectivity index (χ1n) is 3.10. The van der Waals surface area contributed by atoms with Gasteiger partial charge in [-0.3, -0.25) is 0 Å². The van der Waals surface area contributed by atoms with Crippen LogP contribution >= 0.6 is 8.25 Å². The smallest absolute Gasteiger partial charge is 0.598 e. The van der Waals surface area contributed by atoms with E-state index in [1.54, 1.807) is 12.2 Å². The quantitative estimate of drug-likeness (QED) is 0.260. The zero-order valence-electron chi connectivity index (χ0n) is 9.82. The average Bonchev–Trinajstić information content (AvgIpc) is 1.92. The number of rotatable bonds is 0. The van der Waals surface area contributed by atoms with Crippen molar-refractivity contribution in [3.63, 3.8) is 0 Å². The molecule has 0 rings (SSSR count). The molecule has 0 amide bonds. The van der Waals surface area contributed by atoms with E-state index in [2.05, 4.69) is 18.9 Å². The van der Waals surface area contributed by atoms with Gasteiger partial charge in [0.25, 0.3) is 8.25 Å². The van der Waals surface area contributed by atoms with Gasteiger partial charge in [0, 0.05) is 0 Å². The van der Waals surface area contributed by atoms with Crippen LogP contribution in [0.15, 0.2) is 25.3 Å². The maximum atomic E-state index is 8.48. The Morgan fingerprint density at radius 3 is 1.07 bits per heavy atom. The van der Waals surface area contributed by atoms with Gasteiger partial charge in [0.1, 0.15) is 0 Å². The van der Waals surface area contributed by atoms with Gasteiger partial charge < -0.3 is 15.5 Å². The van der Waals surface area contributed by atoms with Gasteiger partial charge >= 0.3 is 59.1 Å². The molecule has 4 nitrogen and oxygen atoms in total. The number of hydrogen-bond acceptors (Lipinski definition) is 4. The number of nitrogens with two attached hydrogens (primary N) is 1. The molecule has 0 aromatic heterocycles. The van der Waals surface area contributed by atoms with Gasteiger partial charge in [0.2, 0.25) is 0 Å². The van der Waals surface area contributed by atoms with E-state index >= 15 is 0 Å². The van der Waals surface area contributed by atoms with Crippen molar-refractivity contribution in [1.82, 2.24) is 0 Å². The zero-order chi connectivity index (χ0) is 11.0. The molecular formula is C7H17NNa2O3P+. The average molecular weight is 240 g/mol. The molecule has 74 valence electrons. The molecule has 0 saturated carbocycles. The van der Waals surface area contributed by atoms with Gasteiger partial charge in [-0.15, -0.1) is 13.2 Å². The molecule has 0 fully saturated rings. The molecule has 0 aromatic carbocycles. The topological polar surface area (TPSA) is 89.2 Å². The van der Waals surface area contributed by atoms with Gasteiger partial charge in [-0.2, -0.15) is 0 Å². The van der Waals surface area contributed by atoms with Crippen LogP contribution in [0.4, 0.5) is 0 Å². The molecular weight excluding hydrogens is 223 g/mol. The summed E-state index contributed by atoms with van der Waals surface area (Å²) in [5.74, 6) is 0. The minimum Gasteiger partial charge on any atom is -0.598 e. The summed E-state index contributed by atoms with van der Waals surface area (Å²) in [6.45, 7) is 10.5. The molecule has 0 spiro atoms. The van der Waals surface area contributed by atoms with E-state index < -0.39 is 8.25 Å². The van der Waals surface area contributed by atoms with E-state index in [-0.39, 0.29) is 59.1 Å². The molecule has 0 bridgehead atoms. The largest absolute Gasteiger partial charge is 1.00 e. The first-order valence-corrected chi connectivity index (χ1v) is 4.19. The van der Waals surface area contributed by atoms with Crippen LogP contribution in [0.3, 0.4) is 0 Å². The van der Waals surface area contributed by atoms with Gasteiger partial charge in [0.15, 0.2) is 0 Å². The fourth-order valence-electron chi connectivity index (χ4n) is 0. The van der Waals surface area contributed by atoms with Crippen LogP contribution in [-0.4, -0.2) is 7.05 Å². The molecule has 0 aromatic rings. The summed E-state index contributed by atoms with van der Waals surface area (Å²) in [7, 11) is -1.87. The minimum absolute atomic E-state index is 0. The van der Waals surface area contributed by atoms with Crippen molar-refractivity contribution in [2.24, 2.45) is 5.73 Å². The van der Waals surface area contributed by atoms with Gasteiger partial charge in [-0.25, -0.2) is 0 Å². The Labute approximate surface area is 132 Å². The van der Waals surface area contributed by atoms with Crippen molar-refractivity contribution < 1.29 is 73.5 Å². The Morgan fingerprint density at radius 1 is 1.07 bits per heavy atom. The maximum absolute atomic E-state index is 8.48. The number of allylic oxidation sites excluding steroid dienone is 2. The standard InChI is InChI=1S/2C3H6.CH5N.2Na.HO3P/c2*1-3-2;1-2;;;1-4(2)3/h2*3H,1H2,2H3;2H2,1H3;;;(H,1,2,3)/q;;;2*+1;/p-1. The molecule has 0 heterocycles. The van der Waals surface area contributed by atoms with E-state index in [0.717, 1.165) is 0 Å². The second-order valence-corrected chi connectivity index (χ2v) is 1.49. The van der Waals surface area contributed by atoms with Crippen molar-refractivity contribution in [3.05, 3.63) is 25.3 Å². The fraction of sp³-hybridized carbons (Fsp3) is 0.429. The predicted octanol–water partition coefficient (Wildman–Crippen LogP) is -5.67. The number of hydrogen-bond donors (Lipinski definition) is 1. The summed E-state index contributed by atoms with van der Waals surface area (Å²) in [5, 5.41) is 0. The van der Waals surface area contributed by atoms with Crippen LogP contribution in [0.25, 0.3) is 0 Å². The van der Waals surface area contributed by atoms with Gasteiger partial charge in [-0.05, 0) is 20.9 Å². The van der Waals surface area contributed by atoms with Crippen molar-refractivity contribution in [2.75, 3.05) is 7.05 Å². The molecule has 0 aliphatic carbocycles. The Hall–Kier alpha value is 1.46. The molecule has 0 atom stereocenters. The molecule has 14 heavy (non-hydrogen) atoms. The first kappa shape index (κ1) is 36.1. The van der Waals surface area contributed by atoms with Crippen LogP contribution in [0, 0.1) is 0 Å². The summed E-state index contributed by atoms with van der Waals surface area (Å²) in [6, 6.07) is 0. The molecule has 0 radical (unpaired) electrons. The third-order valence-corrected chi connectivity index (χ3v) is 0. The molecule has 0 saturated heterocycles. The summed E-state index contributed by atoms with van der Waals surface area (Å²) in [5.41, 5.74) is 4.50. The zero-order valence-corrected chi connectivity index (χ0v) is 14.7. The summed E-state index contributed by atoms with van der Waals surface area (Å²) < 4.78 is 8.48. The molecule has 0 aliphatic heterocycles. The normalized spacial score (nSPS) is 4.14. The fourth-order valence-corrected chi connectivity index (χ4v) is 0. The van der Waals surface area contributed by atoms with Crippen molar-refractivity contribution >= 4 is 8.25 Å². The van der Waals surface area contributed by atoms with Crippen LogP contribution in [-0.2, 0) is 4.57 Å². The SMILES string of the molecule is C=CC.C=CC.CN.O=[P+]([O-])[O-].[Na+].[Na+].